The fourth-order valence-corrected chi connectivity index (χ4v) is 24.0. The number of nitrogens with zero attached hydrogens (tertiary/aromatic N) is 8. The molecule has 3 aliphatic heterocycles. The zero-order chi connectivity index (χ0) is 59.4. The number of carbonyl (C=O) groups excluding carboxylic acids is 1. The van der Waals surface area contributed by atoms with E-state index in [2.05, 4.69) is 25.3 Å². The number of imidazole rings is 1. The van der Waals surface area contributed by atoms with Gasteiger partial charge in [-0.3, -0.25) is 32.3 Å². The number of aromatic nitrogens is 7. The van der Waals surface area contributed by atoms with Crippen LogP contribution in [0.4, 0.5) is 10.2 Å². The number of ether oxygens (including phenoxy) is 2. The molecule has 3 aliphatic rings. The Kier molecular flexibility index (Phi) is 18.9. The minimum Gasteiger partial charge on any atom is -0.414 e. The molecule has 81 heavy (non-hydrogen) atoms. The summed E-state index contributed by atoms with van der Waals surface area (Å²) < 4.78 is 103. The summed E-state index contributed by atoms with van der Waals surface area (Å²) in [7, 11) is -14.1. The van der Waals surface area contributed by atoms with Crippen LogP contribution in [0.2, 0.25) is 40.3 Å². The molecule has 2 bridgehead atoms. The summed E-state index contributed by atoms with van der Waals surface area (Å²) in [5, 5.41) is 11.7. The molecule has 2 unspecified atom stereocenters. The predicted octanol–water partition coefficient (Wildman–Crippen LogP) is 9.14. The van der Waals surface area contributed by atoms with Crippen molar-refractivity contribution in [1.82, 2.24) is 33.6 Å². The number of hydrogen-bond donors (Lipinski definition) is 3. The van der Waals surface area contributed by atoms with Gasteiger partial charge in [-0.1, -0.05) is 94.4 Å². The molecule has 24 nitrogen and oxygen atoms in total. The maximum Gasteiger partial charge on any atom is 0.475 e. The van der Waals surface area contributed by atoms with Crippen LogP contribution in [0.1, 0.15) is 105 Å². The lowest BCUT2D eigenvalue weighted by molar-refractivity contribution is -0.0668. The lowest BCUT2D eigenvalue weighted by Crippen LogP contribution is -2.62. The van der Waals surface area contributed by atoms with E-state index in [0.717, 1.165) is 10.8 Å². The molecule has 10 atom stereocenters. The number of amides is 1. The van der Waals surface area contributed by atoms with E-state index in [0.29, 0.717) is 5.56 Å². The second-order valence-electron chi connectivity index (χ2n) is 23.2. The van der Waals surface area contributed by atoms with E-state index < -0.39 is 148 Å². The Morgan fingerprint density at radius 1 is 0.889 bits per heavy atom. The van der Waals surface area contributed by atoms with Crippen molar-refractivity contribution in [2.75, 3.05) is 25.1 Å². The van der Waals surface area contributed by atoms with E-state index in [1.165, 1.54) is 30.6 Å². The van der Waals surface area contributed by atoms with E-state index in [4.69, 9.17) is 56.9 Å². The van der Waals surface area contributed by atoms with Gasteiger partial charge in [-0.05, 0) is 64.2 Å². The van der Waals surface area contributed by atoms with Crippen LogP contribution >= 0.6 is 14.5 Å². The second kappa shape index (κ2) is 24.2. The maximum absolute atomic E-state index is 16.2. The number of anilines is 1. The number of nitriles is 1. The van der Waals surface area contributed by atoms with Crippen molar-refractivity contribution in [3.63, 3.8) is 0 Å². The SMILES string of the molecule is CC(C)[Si](O)(O[Si](O[C@H]1[C@H]2OP(=O)(OCCC#N)OC[C@H]3O[C@@H](n4cnc5c(NC(=O)c6ccccc6)ncnc54)[C@H](O[Si](C)(C)C(C)(C)C)[C@@H]3OP(O)(=S)OC[C@H]1O[C@H]2n1cc(F)c2c(=O)n(C)cnc21)(C(C)C)C(C)C)C(C)C. The van der Waals surface area contributed by atoms with E-state index in [1.807, 2.05) is 95.3 Å². The Labute approximate surface area is 478 Å². The standard InChI is InChI=1S/C50H74FN9O15P2SSi3/c1-29(2)80(65,30(3)4)75-81(31(5)6,32(7)8)74-40-36-25-68-77(64,78)72-39-35(24-67-76(63,66-22-18-21-52)71-41(40)48(70-36)59-23-34(51)37-44(59)56-27-58(12)47(37)62)69-49(42(39)73-79(13,14)50(9,10)11)60-28-55-38-43(53-26-54-45(38)60)57-46(61)33-19-16-15-17-20-33/h15-17,19-20,23,26-32,35-36,39-42,48-49,65H,18,22,24-25H2,1-14H3,(H,64,78)(H,53,54,57,61)/t35-,36-,39-,40-,41-,42-,48-,49-,76?,77?/m1/s1. The fourth-order valence-electron chi connectivity index (χ4n) is 9.97. The highest BCUT2D eigenvalue weighted by Crippen LogP contribution is 2.59. The van der Waals surface area contributed by atoms with Crippen molar-refractivity contribution in [2.24, 2.45) is 7.05 Å². The third-order valence-corrected chi connectivity index (χ3v) is 32.8. The van der Waals surface area contributed by atoms with E-state index >= 15 is 8.96 Å². The lowest BCUT2D eigenvalue weighted by atomic mass is 10.1. The van der Waals surface area contributed by atoms with Gasteiger partial charge in [0, 0.05) is 18.8 Å². The molecule has 3 N–H and O–H groups in total. The number of benzene rings is 1. The molecule has 31 heteroatoms. The van der Waals surface area contributed by atoms with Crippen molar-refractivity contribution in [3.05, 3.63) is 77.2 Å². The van der Waals surface area contributed by atoms with Gasteiger partial charge in [0.1, 0.15) is 48.3 Å². The average molecular weight is 1240 g/mol. The Hall–Kier alpha value is -3.87. The Balaban J connectivity index is 1.27. The first-order valence-corrected chi connectivity index (χ1v) is 37.8. The minimum absolute atomic E-state index is 0.0960. The topological polar surface area (TPSA) is 286 Å². The summed E-state index contributed by atoms with van der Waals surface area (Å²) in [4.78, 5) is 69.8. The van der Waals surface area contributed by atoms with Gasteiger partial charge in [-0.2, -0.15) is 5.26 Å². The van der Waals surface area contributed by atoms with Gasteiger partial charge in [0.25, 0.3) is 11.5 Å². The predicted molar refractivity (Wildman–Crippen MR) is 307 cm³/mol. The number of carbonyl (C=O) groups is 1. The molecule has 0 saturated carbocycles. The largest absolute Gasteiger partial charge is 0.475 e. The first kappa shape index (κ1) is 63.2. The quantitative estimate of drug-likeness (QED) is 0.0444. The normalized spacial score (nSPS) is 27.2. The number of phosphoric ester groups is 1. The van der Waals surface area contributed by atoms with E-state index in [-0.39, 0.29) is 40.1 Å². The van der Waals surface area contributed by atoms with E-state index in [1.54, 1.807) is 34.9 Å². The molecule has 3 fully saturated rings. The number of nitrogens with one attached hydrogen (secondary N) is 1. The summed E-state index contributed by atoms with van der Waals surface area (Å²) in [5.74, 6) is -1.31. The van der Waals surface area contributed by atoms with Crippen LogP contribution in [-0.4, -0.2) is 131 Å². The highest BCUT2D eigenvalue weighted by molar-refractivity contribution is 8.07. The first-order chi connectivity index (χ1) is 37.9. The van der Waals surface area contributed by atoms with Crippen LogP contribution in [-0.2, 0) is 68.5 Å². The molecular formula is C50H74FN9O15P2SSi3. The molecule has 444 valence electrons. The summed E-state index contributed by atoms with van der Waals surface area (Å²) in [5.41, 5.74) is -1.54. The zero-order valence-corrected chi connectivity index (χ0v) is 53.5. The third-order valence-electron chi connectivity index (χ3n) is 15.5. The highest BCUT2D eigenvalue weighted by atomic mass is 32.5. The number of fused-ring (bicyclic) bond motifs is 5. The molecule has 4 aromatic heterocycles. The monoisotopic (exact) mass is 1240 g/mol. The van der Waals surface area contributed by atoms with Gasteiger partial charge in [-0.25, -0.2) is 28.9 Å². The van der Waals surface area contributed by atoms with Crippen LogP contribution in [0.5, 0.6) is 0 Å². The number of halogens is 1. The van der Waals surface area contributed by atoms with Gasteiger partial charge in [0.15, 0.2) is 49.2 Å². The second-order valence-corrected chi connectivity index (χ2v) is 41.0. The number of aryl methyl sites for hydroxylation is 1. The van der Waals surface area contributed by atoms with Gasteiger partial charge < -0.3 is 51.1 Å². The molecule has 1 aromatic carbocycles. The highest BCUT2D eigenvalue weighted by Gasteiger charge is 2.62. The van der Waals surface area contributed by atoms with E-state index in [9.17, 15) is 24.5 Å². The molecule has 0 radical (unpaired) electrons. The van der Waals surface area contributed by atoms with Crippen LogP contribution in [0.25, 0.3) is 22.2 Å². The first-order valence-electron chi connectivity index (χ1n) is 26.8. The van der Waals surface area contributed by atoms with Crippen LogP contribution in [0.15, 0.2) is 60.3 Å². The average Bonchev–Trinajstić information content (AvgIpc) is 4.17. The van der Waals surface area contributed by atoms with Gasteiger partial charge >= 0.3 is 31.7 Å². The molecule has 0 spiro atoms. The molecule has 7 heterocycles. The van der Waals surface area contributed by atoms with Crippen molar-refractivity contribution >= 4 is 85.7 Å². The Morgan fingerprint density at radius 3 is 2.17 bits per heavy atom. The fraction of sp³-hybridized carbons (Fsp3) is 0.620. The smallest absolute Gasteiger partial charge is 0.414 e. The molecule has 3 saturated heterocycles. The van der Waals surface area contributed by atoms with Gasteiger partial charge in [0.05, 0.1) is 45.0 Å². The van der Waals surface area contributed by atoms with Crippen molar-refractivity contribution < 1.29 is 68.5 Å². The molecule has 1 amide bonds. The summed E-state index contributed by atoms with van der Waals surface area (Å²) in [6.07, 6.45) is -6.58. The van der Waals surface area contributed by atoms with Crippen LogP contribution < -0.4 is 10.9 Å². The summed E-state index contributed by atoms with van der Waals surface area (Å²) >= 11 is 5.89. The lowest BCUT2D eigenvalue weighted by Gasteiger charge is -2.47. The number of rotatable bonds is 17. The zero-order valence-electron chi connectivity index (χ0n) is 47.9. The Morgan fingerprint density at radius 2 is 1.54 bits per heavy atom. The van der Waals surface area contributed by atoms with Crippen LogP contribution in [0.3, 0.4) is 0 Å². The Bertz CT molecular complexity index is 3270. The number of hydrogen-bond acceptors (Lipinski definition) is 20. The summed E-state index contributed by atoms with van der Waals surface area (Å²) in [6, 6.07) is 10.5. The molecule has 8 rings (SSSR count). The van der Waals surface area contributed by atoms with Gasteiger partial charge in [0.2, 0.25) is 0 Å². The maximum atomic E-state index is 16.2. The minimum atomic E-state index is -5.08. The van der Waals surface area contributed by atoms with Crippen molar-refractivity contribution in [1.29, 1.82) is 5.26 Å². The molecule has 0 aliphatic carbocycles. The van der Waals surface area contributed by atoms with Crippen LogP contribution in [0, 0.1) is 17.1 Å². The van der Waals surface area contributed by atoms with Crippen molar-refractivity contribution in [3.8, 4) is 6.07 Å². The van der Waals surface area contributed by atoms with Gasteiger partial charge in [-0.15, -0.1) is 0 Å². The third kappa shape index (κ3) is 12.8. The molecular weight excluding hydrogens is 1160 g/mol. The summed E-state index contributed by atoms with van der Waals surface area (Å²) in [6.45, 7) is 18.9. The van der Waals surface area contributed by atoms with Crippen molar-refractivity contribution in [2.45, 2.75) is 172 Å². The number of phosphoric acid groups is 1. The molecule has 5 aromatic rings.